The number of nitrogens with two attached hydrogens (primary N) is 1. The van der Waals surface area contributed by atoms with Crippen LogP contribution in [0.5, 0.6) is 0 Å². The molecule has 0 atom stereocenters. The third-order valence-corrected chi connectivity index (χ3v) is 4.22. The van der Waals surface area contributed by atoms with Crippen LogP contribution in [0.4, 0.5) is 5.69 Å². The van der Waals surface area contributed by atoms with E-state index in [1.165, 1.54) is 20.6 Å². The molecule has 0 saturated carbocycles. The fraction of sp³-hybridized carbons (Fsp3) is 0.231. The average Bonchev–Trinajstić information content (AvgIpc) is 2.74. The van der Waals surface area contributed by atoms with Crippen LogP contribution in [-0.2, 0) is 13.1 Å². The van der Waals surface area contributed by atoms with E-state index in [2.05, 4.69) is 57.5 Å². The molecule has 17 heavy (non-hydrogen) atoms. The quantitative estimate of drug-likeness (QED) is 0.935. The number of rotatable bonds is 4. The van der Waals surface area contributed by atoms with E-state index in [-0.39, 0.29) is 0 Å². The molecule has 2 nitrogen and oxygen atoms in total. The molecule has 0 fully saturated rings. The highest BCUT2D eigenvalue weighted by molar-refractivity contribution is 9.11. The summed E-state index contributed by atoms with van der Waals surface area (Å²) in [4.78, 5) is 2.23. The van der Waals surface area contributed by atoms with Gasteiger partial charge in [-0.3, -0.25) is 0 Å². The monoisotopic (exact) mass is 310 g/mol. The van der Waals surface area contributed by atoms with Gasteiger partial charge in [0.15, 0.2) is 0 Å². The van der Waals surface area contributed by atoms with Gasteiger partial charge in [0, 0.05) is 25.8 Å². The molecular formula is C13H15BrN2S. The van der Waals surface area contributed by atoms with Crippen LogP contribution in [0.2, 0.25) is 0 Å². The Bertz CT molecular complexity index is 496. The van der Waals surface area contributed by atoms with Crippen LogP contribution in [0.3, 0.4) is 0 Å². The van der Waals surface area contributed by atoms with Gasteiger partial charge >= 0.3 is 0 Å². The highest BCUT2D eigenvalue weighted by Gasteiger charge is 2.07. The van der Waals surface area contributed by atoms with Crippen LogP contribution >= 0.6 is 27.3 Å². The fourth-order valence-electron chi connectivity index (χ4n) is 1.84. The van der Waals surface area contributed by atoms with Gasteiger partial charge in [0.25, 0.3) is 0 Å². The number of thiophene rings is 1. The predicted octanol–water partition coefficient (Wildman–Crippen LogP) is 3.61. The molecule has 0 aliphatic rings. The Kier molecular flexibility index (Phi) is 4.20. The first-order valence-electron chi connectivity index (χ1n) is 5.42. The molecule has 0 saturated heterocycles. The topological polar surface area (TPSA) is 29.3 Å². The van der Waals surface area contributed by atoms with Crippen LogP contribution < -0.4 is 10.6 Å². The predicted molar refractivity (Wildman–Crippen MR) is 78.5 cm³/mol. The van der Waals surface area contributed by atoms with E-state index in [1.807, 2.05) is 6.07 Å². The van der Waals surface area contributed by atoms with E-state index < -0.39 is 0 Å². The van der Waals surface area contributed by atoms with Crippen molar-refractivity contribution < 1.29 is 0 Å². The summed E-state index contributed by atoms with van der Waals surface area (Å²) in [6.07, 6.45) is 0. The van der Waals surface area contributed by atoms with Gasteiger partial charge in [-0.05, 0) is 44.6 Å². The number of hydrogen-bond donors (Lipinski definition) is 1. The average molecular weight is 311 g/mol. The Morgan fingerprint density at radius 3 is 2.76 bits per heavy atom. The summed E-state index contributed by atoms with van der Waals surface area (Å²) in [6, 6.07) is 10.4. The number of halogens is 1. The Balaban J connectivity index is 2.16. The van der Waals surface area contributed by atoms with Gasteiger partial charge in [-0.25, -0.2) is 0 Å². The van der Waals surface area contributed by atoms with Crippen molar-refractivity contribution in [1.29, 1.82) is 0 Å². The van der Waals surface area contributed by atoms with Crippen LogP contribution in [0.1, 0.15) is 11.1 Å². The maximum Gasteiger partial charge on any atom is 0.0701 e. The number of nitrogens with zero attached hydrogens (tertiary/aromatic N) is 1. The summed E-state index contributed by atoms with van der Waals surface area (Å²) in [5.41, 5.74) is 9.46. The maximum atomic E-state index is 5.75. The Hall–Kier alpha value is -0.840. The summed E-state index contributed by atoms with van der Waals surface area (Å²) in [6.45, 7) is 1.48. The second kappa shape index (κ2) is 5.67. The standard InChI is InChI=1S/C13H15BrN2S/c1-16(8-10-6-13(14)17-9-10)12-5-3-2-4-11(12)7-15/h2-6,9H,7-8,15H2,1H3. The van der Waals surface area contributed by atoms with Gasteiger partial charge in [0.2, 0.25) is 0 Å². The van der Waals surface area contributed by atoms with Crippen molar-refractivity contribution in [3.05, 3.63) is 50.6 Å². The van der Waals surface area contributed by atoms with E-state index in [4.69, 9.17) is 5.73 Å². The van der Waals surface area contributed by atoms with Crippen molar-refractivity contribution in [2.75, 3.05) is 11.9 Å². The van der Waals surface area contributed by atoms with Gasteiger partial charge in [-0.15, -0.1) is 11.3 Å². The van der Waals surface area contributed by atoms with E-state index in [0.717, 1.165) is 6.54 Å². The highest BCUT2D eigenvalue weighted by atomic mass is 79.9. The fourth-order valence-corrected chi connectivity index (χ4v) is 3.04. The number of para-hydroxylation sites is 1. The zero-order valence-electron chi connectivity index (χ0n) is 9.69. The third-order valence-electron chi connectivity index (χ3n) is 2.66. The Morgan fingerprint density at radius 1 is 1.35 bits per heavy atom. The minimum Gasteiger partial charge on any atom is -0.370 e. The molecule has 0 spiro atoms. The summed E-state index contributed by atoms with van der Waals surface area (Å²) in [5, 5.41) is 2.17. The van der Waals surface area contributed by atoms with E-state index in [0.29, 0.717) is 6.54 Å². The SMILES string of the molecule is CN(Cc1csc(Br)c1)c1ccccc1CN. The number of anilines is 1. The van der Waals surface area contributed by atoms with Crippen molar-refractivity contribution in [3.63, 3.8) is 0 Å². The molecule has 2 rings (SSSR count). The van der Waals surface area contributed by atoms with Crippen LogP contribution in [0.15, 0.2) is 39.5 Å². The Morgan fingerprint density at radius 2 is 2.12 bits per heavy atom. The Labute approximate surface area is 114 Å². The molecule has 90 valence electrons. The van der Waals surface area contributed by atoms with Crippen molar-refractivity contribution in [2.45, 2.75) is 13.1 Å². The largest absolute Gasteiger partial charge is 0.370 e. The van der Waals surface area contributed by atoms with Gasteiger partial charge < -0.3 is 10.6 Å². The van der Waals surface area contributed by atoms with Crippen LogP contribution in [0.25, 0.3) is 0 Å². The van der Waals surface area contributed by atoms with Crippen molar-refractivity contribution in [2.24, 2.45) is 5.73 Å². The molecule has 2 N–H and O–H groups in total. The first-order valence-corrected chi connectivity index (χ1v) is 7.10. The van der Waals surface area contributed by atoms with Crippen LogP contribution in [-0.4, -0.2) is 7.05 Å². The molecule has 0 amide bonds. The summed E-state index contributed by atoms with van der Waals surface area (Å²) in [7, 11) is 2.10. The van der Waals surface area contributed by atoms with Crippen molar-refractivity contribution in [1.82, 2.24) is 0 Å². The minimum atomic E-state index is 0.577. The molecule has 0 radical (unpaired) electrons. The normalized spacial score (nSPS) is 10.5. The lowest BCUT2D eigenvalue weighted by Gasteiger charge is -2.21. The van der Waals surface area contributed by atoms with E-state index in [9.17, 15) is 0 Å². The van der Waals surface area contributed by atoms with E-state index >= 15 is 0 Å². The van der Waals surface area contributed by atoms with Crippen molar-refractivity contribution in [3.8, 4) is 0 Å². The summed E-state index contributed by atoms with van der Waals surface area (Å²) in [5.74, 6) is 0. The first kappa shape index (κ1) is 12.6. The molecule has 1 aromatic carbocycles. The van der Waals surface area contributed by atoms with Gasteiger partial charge in [0.05, 0.1) is 3.79 Å². The van der Waals surface area contributed by atoms with Gasteiger partial charge in [-0.1, -0.05) is 18.2 Å². The molecule has 0 aliphatic carbocycles. The molecule has 1 heterocycles. The maximum absolute atomic E-state index is 5.75. The zero-order valence-corrected chi connectivity index (χ0v) is 12.1. The lowest BCUT2D eigenvalue weighted by molar-refractivity contribution is 0.907. The molecule has 0 unspecified atom stereocenters. The number of hydrogen-bond acceptors (Lipinski definition) is 3. The second-order valence-electron chi connectivity index (χ2n) is 3.95. The smallest absolute Gasteiger partial charge is 0.0701 e. The van der Waals surface area contributed by atoms with Gasteiger partial charge in [0.1, 0.15) is 0 Å². The summed E-state index contributed by atoms with van der Waals surface area (Å²) < 4.78 is 1.17. The third kappa shape index (κ3) is 3.09. The number of benzene rings is 1. The van der Waals surface area contributed by atoms with E-state index in [1.54, 1.807) is 11.3 Å². The molecule has 0 aliphatic heterocycles. The zero-order chi connectivity index (χ0) is 12.3. The van der Waals surface area contributed by atoms with Crippen LogP contribution in [0, 0.1) is 0 Å². The lowest BCUT2D eigenvalue weighted by Crippen LogP contribution is -2.18. The van der Waals surface area contributed by atoms with Gasteiger partial charge in [-0.2, -0.15) is 0 Å². The summed E-state index contributed by atoms with van der Waals surface area (Å²) >= 11 is 5.20. The lowest BCUT2D eigenvalue weighted by atomic mass is 10.1. The van der Waals surface area contributed by atoms with Crippen molar-refractivity contribution >= 4 is 33.0 Å². The molecule has 2 aromatic rings. The minimum absolute atomic E-state index is 0.577. The molecule has 1 aromatic heterocycles. The molecular weight excluding hydrogens is 296 g/mol. The molecule has 0 bridgehead atoms. The first-order chi connectivity index (χ1) is 8.20. The second-order valence-corrected chi connectivity index (χ2v) is 6.24. The molecule has 4 heteroatoms. The highest BCUT2D eigenvalue weighted by Crippen LogP contribution is 2.24.